The summed E-state index contributed by atoms with van der Waals surface area (Å²) in [6.07, 6.45) is 2.58. The van der Waals surface area contributed by atoms with E-state index in [2.05, 4.69) is 0 Å². The molecule has 0 aliphatic carbocycles. The lowest BCUT2D eigenvalue weighted by Gasteiger charge is -2.35. The molecule has 1 rings (SSSR count). The summed E-state index contributed by atoms with van der Waals surface area (Å²) in [4.78, 5) is 24.6. The number of rotatable bonds is 4. The highest BCUT2D eigenvalue weighted by atomic mass is 16.4. The van der Waals surface area contributed by atoms with Gasteiger partial charge in [0.05, 0.1) is 11.5 Å². The number of amides is 1. The summed E-state index contributed by atoms with van der Waals surface area (Å²) >= 11 is 0. The number of nitrogens with zero attached hydrogens (tertiary/aromatic N) is 1. The van der Waals surface area contributed by atoms with Gasteiger partial charge in [-0.25, -0.2) is 0 Å². The number of carboxylic acids is 1. The molecule has 0 spiro atoms. The first kappa shape index (κ1) is 14.0. The minimum absolute atomic E-state index is 0.0526. The summed E-state index contributed by atoms with van der Waals surface area (Å²) in [6, 6.07) is 0. The molecule has 0 aromatic carbocycles. The maximum atomic E-state index is 12.1. The second-order valence-electron chi connectivity index (χ2n) is 5.07. The van der Waals surface area contributed by atoms with Gasteiger partial charge in [0, 0.05) is 13.1 Å². The molecule has 1 unspecified atom stereocenters. The molecule has 1 aliphatic rings. The van der Waals surface area contributed by atoms with Gasteiger partial charge in [0.15, 0.2) is 0 Å². The first-order valence-electron chi connectivity index (χ1n) is 6.19. The molecule has 1 fully saturated rings. The molecule has 1 amide bonds. The standard InChI is InChI=1S/C12H22N2O3/c1-3-6-12(2,13)11(17)14-7-4-9(5-8-14)10(15)16/h9H,3-8,13H2,1-2H3,(H,15,16). The van der Waals surface area contributed by atoms with Crippen LogP contribution in [0.4, 0.5) is 0 Å². The van der Waals surface area contributed by atoms with Crippen molar-refractivity contribution in [2.75, 3.05) is 13.1 Å². The first-order valence-corrected chi connectivity index (χ1v) is 6.19. The number of nitrogens with two attached hydrogens (primary N) is 1. The molecule has 98 valence electrons. The maximum Gasteiger partial charge on any atom is 0.306 e. The van der Waals surface area contributed by atoms with Crippen molar-refractivity contribution in [1.82, 2.24) is 4.90 Å². The number of hydrogen-bond acceptors (Lipinski definition) is 3. The van der Waals surface area contributed by atoms with Crippen molar-refractivity contribution in [2.24, 2.45) is 11.7 Å². The van der Waals surface area contributed by atoms with Crippen LogP contribution in [-0.4, -0.2) is 40.5 Å². The van der Waals surface area contributed by atoms with Crippen molar-refractivity contribution in [1.29, 1.82) is 0 Å². The topological polar surface area (TPSA) is 83.6 Å². The Balaban J connectivity index is 2.54. The zero-order valence-corrected chi connectivity index (χ0v) is 10.6. The van der Waals surface area contributed by atoms with E-state index in [-0.39, 0.29) is 11.8 Å². The number of hydrogen-bond donors (Lipinski definition) is 2. The number of piperidine rings is 1. The van der Waals surface area contributed by atoms with E-state index < -0.39 is 11.5 Å². The van der Waals surface area contributed by atoms with Gasteiger partial charge in [0.2, 0.25) is 5.91 Å². The van der Waals surface area contributed by atoms with Crippen LogP contribution < -0.4 is 5.73 Å². The molecule has 0 bridgehead atoms. The quantitative estimate of drug-likeness (QED) is 0.764. The van der Waals surface area contributed by atoms with Gasteiger partial charge in [0.25, 0.3) is 0 Å². The van der Waals surface area contributed by atoms with Gasteiger partial charge in [-0.3, -0.25) is 9.59 Å². The molecule has 1 aliphatic heterocycles. The number of aliphatic carboxylic acids is 1. The maximum absolute atomic E-state index is 12.1. The highest BCUT2D eigenvalue weighted by molar-refractivity contribution is 5.86. The Bertz CT molecular complexity index is 294. The lowest BCUT2D eigenvalue weighted by atomic mass is 9.92. The SMILES string of the molecule is CCCC(C)(N)C(=O)N1CCC(C(=O)O)CC1. The van der Waals surface area contributed by atoms with E-state index in [0.29, 0.717) is 32.4 Å². The van der Waals surface area contributed by atoms with Crippen LogP contribution in [0.25, 0.3) is 0 Å². The number of carbonyl (C=O) groups excluding carboxylic acids is 1. The van der Waals surface area contributed by atoms with E-state index in [4.69, 9.17) is 10.8 Å². The molecular weight excluding hydrogens is 220 g/mol. The van der Waals surface area contributed by atoms with Gasteiger partial charge in [0.1, 0.15) is 0 Å². The molecule has 3 N–H and O–H groups in total. The fraction of sp³-hybridized carbons (Fsp3) is 0.833. The second kappa shape index (κ2) is 5.49. The average Bonchev–Trinajstić information content (AvgIpc) is 2.28. The third kappa shape index (κ3) is 3.43. The van der Waals surface area contributed by atoms with Gasteiger partial charge in [-0.2, -0.15) is 0 Å². The molecule has 0 aromatic rings. The average molecular weight is 242 g/mol. The van der Waals surface area contributed by atoms with Crippen LogP contribution in [0.5, 0.6) is 0 Å². The summed E-state index contributed by atoms with van der Waals surface area (Å²) < 4.78 is 0. The van der Waals surface area contributed by atoms with E-state index in [1.165, 1.54) is 0 Å². The van der Waals surface area contributed by atoms with Crippen LogP contribution >= 0.6 is 0 Å². The van der Waals surface area contributed by atoms with E-state index in [1.54, 1.807) is 11.8 Å². The molecule has 1 saturated heterocycles. The lowest BCUT2D eigenvalue weighted by Crippen LogP contribution is -2.55. The molecular formula is C12H22N2O3. The molecule has 5 nitrogen and oxygen atoms in total. The van der Waals surface area contributed by atoms with E-state index in [0.717, 1.165) is 6.42 Å². The Morgan fingerprint density at radius 3 is 2.35 bits per heavy atom. The Kier molecular flexibility index (Phi) is 4.51. The number of carbonyl (C=O) groups is 2. The molecule has 0 radical (unpaired) electrons. The number of likely N-dealkylation sites (tertiary alicyclic amines) is 1. The lowest BCUT2D eigenvalue weighted by molar-refractivity contribution is -0.147. The number of carboxylic acid groups (broad SMARTS) is 1. The van der Waals surface area contributed by atoms with Gasteiger partial charge in [-0.1, -0.05) is 13.3 Å². The summed E-state index contributed by atoms with van der Waals surface area (Å²) in [5.41, 5.74) is 5.17. The minimum Gasteiger partial charge on any atom is -0.481 e. The smallest absolute Gasteiger partial charge is 0.306 e. The fourth-order valence-corrected chi connectivity index (χ4v) is 2.32. The molecule has 1 heterocycles. The molecule has 17 heavy (non-hydrogen) atoms. The molecule has 0 saturated carbocycles. The Morgan fingerprint density at radius 2 is 1.94 bits per heavy atom. The predicted molar refractivity (Wildman–Crippen MR) is 64.4 cm³/mol. The van der Waals surface area contributed by atoms with Crippen molar-refractivity contribution < 1.29 is 14.7 Å². The van der Waals surface area contributed by atoms with Crippen LogP contribution in [-0.2, 0) is 9.59 Å². The fourth-order valence-electron chi connectivity index (χ4n) is 2.32. The van der Waals surface area contributed by atoms with Crippen molar-refractivity contribution >= 4 is 11.9 Å². The molecule has 0 aromatic heterocycles. The van der Waals surface area contributed by atoms with E-state index >= 15 is 0 Å². The normalized spacial score (nSPS) is 21.0. The summed E-state index contributed by atoms with van der Waals surface area (Å²) in [6.45, 7) is 4.76. The van der Waals surface area contributed by atoms with Crippen molar-refractivity contribution in [3.05, 3.63) is 0 Å². The van der Waals surface area contributed by atoms with Crippen LogP contribution in [0.2, 0.25) is 0 Å². The van der Waals surface area contributed by atoms with Gasteiger partial charge in [-0.05, 0) is 26.2 Å². The zero-order valence-electron chi connectivity index (χ0n) is 10.6. The van der Waals surface area contributed by atoms with Crippen LogP contribution in [0.3, 0.4) is 0 Å². The van der Waals surface area contributed by atoms with Crippen LogP contribution in [0.1, 0.15) is 39.5 Å². The molecule has 5 heteroatoms. The third-order valence-corrected chi connectivity index (χ3v) is 3.39. The molecule has 1 atom stereocenters. The van der Waals surface area contributed by atoms with Crippen LogP contribution in [0, 0.1) is 5.92 Å². The minimum atomic E-state index is -0.815. The summed E-state index contributed by atoms with van der Waals surface area (Å²) in [5.74, 6) is -1.13. The summed E-state index contributed by atoms with van der Waals surface area (Å²) in [5, 5.41) is 8.88. The summed E-state index contributed by atoms with van der Waals surface area (Å²) in [7, 11) is 0. The van der Waals surface area contributed by atoms with Crippen LogP contribution in [0.15, 0.2) is 0 Å². The van der Waals surface area contributed by atoms with Crippen molar-refractivity contribution in [2.45, 2.75) is 45.1 Å². The van der Waals surface area contributed by atoms with Crippen molar-refractivity contribution in [3.63, 3.8) is 0 Å². The second-order valence-corrected chi connectivity index (χ2v) is 5.07. The predicted octanol–water partition coefficient (Wildman–Crippen LogP) is 0.827. The Morgan fingerprint density at radius 1 is 1.41 bits per heavy atom. The van der Waals surface area contributed by atoms with E-state index in [9.17, 15) is 9.59 Å². The Hall–Kier alpha value is -1.10. The largest absolute Gasteiger partial charge is 0.481 e. The Labute approximate surface area is 102 Å². The van der Waals surface area contributed by atoms with Crippen molar-refractivity contribution in [3.8, 4) is 0 Å². The van der Waals surface area contributed by atoms with Gasteiger partial charge >= 0.3 is 5.97 Å². The van der Waals surface area contributed by atoms with E-state index in [1.807, 2.05) is 6.92 Å². The highest BCUT2D eigenvalue weighted by Crippen LogP contribution is 2.21. The zero-order chi connectivity index (χ0) is 13.1. The monoisotopic (exact) mass is 242 g/mol. The third-order valence-electron chi connectivity index (χ3n) is 3.39. The highest BCUT2D eigenvalue weighted by Gasteiger charge is 2.34. The van der Waals surface area contributed by atoms with Gasteiger partial charge < -0.3 is 15.7 Å². The first-order chi connectivity index (χ1) is 7.88. The van der Waals surface area contributed by atoms with Gasteiger partial charge in [-0.15, -0.1) is 0 Å².